The van der Waals surface area contributed by atoms with Crippen molar-refractivity contribution in [2.75, 3.05) is 11.1 Å². The summed E-state index contributed by atoms with van der Waals surface area (Å²) in [5.41, 5.74) is 8.42. The van der Waals surface area contributed by atoms with Crippen LogP contribution in [-0.4, -0.2) is 25.4 Å². The number of pyridine rings is 1. The summed E-state index contributed by atoms with van der Waals surface area (Å²) < 4.78 is 1.84. The maximum atomic E-state index is 11.4. The Morgan fingerprint density at radius 3 is 2.95 bits per heavy atom. The van der Waals surface area contributed by atoms with Gasteiger partial charge in [0.2, 0.25) is 11.9 Å². The maximum absolute atomic E-state index is 11.4. The Balaban J connectivity index is 2.16. The van der Waals surface area contributed by atoms with E-state index in [2.05, 4.69) is 26.8 Å². The summed E-state index contributed by atoms with van der Waals surface area (Å²) in [6, 6.07) is 3.80. The van der Waals surface area contributed by atoms with Crippen LogP contribution in [0.1, 0.15) is 5.56 Å². The van der Waals surface area contributed by atoms with Gasteiger partial charge < -0.3 is 5.73 Å². The van der Waals surface area contributed by atoms with E-state index in [4.69, 9.17) is 5.73 Å². The second kappa shape index (κ2) is 5.28. The van der Waals surface area contributed by atoms with Crippen LogP contribution in [0.3, 0.4) is 0 Å². The van der Waals surface area contributed by atoms with E-state index < -0.39 is 5.91 Å². The van der Waals surface area contributed by atoms with Gasteiger partial charge in [0.1, 0.15) is 5.82 Å². The Bertz CT molecular complexity index is 883. The molecule has 3 aromatic heterocycles. The highest BCUT2D eigenvalue weighted by molar-refractivity contribution is 5.99. The highest BCUT2D eigenvalue weighted by atomic mass is 16.1. The molecule has 1 amide bonds. The third-order valence-corrected chi connectivity index (χ3v) is 3.13. The molecule has 0 aliphatic rings. The van der Waals surface area contributed by atoms with Gasteiger partial charge in [-0.25, -0.2) is 0 Å². The lowest BCUT2D eigenvalue weighted by Crippen LogP contribution is -2.12. The SMILES string of the molecule is C=CC(=O)Nc1nc(N)c2ccn(-c3cncc(C)c3)c2n1. The third-order valence-electron chi connectivity index (χ3n) is 3.13. The predicted octanol–water partition coefficient (Wildman–Crippen LogP) is 1.83. The Kier molecular flexibility index (Phi) is 3.30. The maximum Gasteiger partial charge on any atom is 0.250 e. The van der Waals surface area contributed by atoms with Gasteiger partial charge in [-0.2, -0.15) is 9.97 Å². The number of fused-ring (bicyclic) bond motifs is 1. The Morgan fingerprint density at radius 2 is 2.23 bits per heavy atom. The number of amides is 1. The number of nitrogens with one attached hydrogen (secondary N) is 1. The summed E-state index contributed by atoms with van der Waals surface area (Å²) in [6.45, 7) is 5.35. The number of anilines is 2. The lowest BCUT2D eigenvalue weighted by molar-refractivity contribution is -0.111. The van der Waals surface area contributed by atoms with Gasteiger partial charge in [-0.1, -0.05) is 6.58 Å². The zero-order valence-corrected chi connectivity index (χ0v) is 11.9. The number of hydrogen-bond donors (Lipinski definition) is 2. The topological polar surface area (TPSA) is 98.7 Å². The van der Waals surface area contributed by atoms with Gasteiger partial charge in [-0.05, 0) is 30.7 Å². The van der Waals surface area contributed by atoms with Crippen LogP contribution < -0.4 is 11.1 Å². The molecule has 0 fully saturated rings. The summed E-state index contributed by atoms with van der Waals surface area (Å²) in [6.07, 6.45) is 6.49. The van der Waals surface area contributed by atoms with Gasteiger partial charge in [0.25, 0.3) is 0 Å². The van der Waals surface area contributed by atoms with Gasteiger partial charge in [0.05, 0.1) is 17.3 Å². The molecule has 110 valence electrons. The molecule has 0 bridgehead atoms. The molecule has 0 saturated carbocycles. The second-order valence-corrected chi connectivity index (χ2v) is 4.77. The van der Waals surface area contributed by atoms with E-state index in [0.29, 0.717) is 16.9 Å². The third kappa shape index (κ3) is 2.39. The minimum absolute atomic E-state index is 0.135. The van der Waals surface area contributed by atoms with Crippen LogP contribution in [-0.2, 0) is 4.79 Å². The fourth-order valence-electron chi connectivity index (χ4n) is 2.13. The number of carbonyl (C=O) groups is 1. The fraction of sp³-hybridized carbons (Fsp3) is 0.0667. The quantitative estimate of drug-likeness (QED) is 0.718. The molecule has 0 saturated heterocycles. The molecular weight excluding hydrogens is 280 g/mol. The van der Waals surface area contributed by atoms with E-state index in [0.717, 1.165) is 17.3 Å². The van der Waals surface area contributed by atoms with Crippen LogP contribution >= 0.6 is 0 Å². The Hall–Kier alpha value is -3.22. The van der Waals surface area contributed by atoms with Gasteiger partial charge >= 0.3 is 0 Å². The van der Waals surface area contributed by atoms with E-state index in [1.54, 1.807) is 12.4 Å². The molecule has 0 radical (unpaired) electrons. The number of nitrogens with zero attached hydrogens (tertiary/aromatic N) is 4. The smallest absolute Gasteiger partial charge is 0.250 e. The number of aromatic nitrogens is 4. The molecule has 22 heavy (non-hydrogen) atoms. The monoisotopic (exact) mass is 294 g/mol. The van der Waals surface area contributed by atoms with Crippen LogP contribution in [0, 0.1) is 6.92 Å². The first kappa shape index (κ1) is 13.7. The predicted molar refractivity (Wildman–Crippen MR) is 84.6 cm³/mol. The average molecular weight is 294 g/mol. The molecule has 0 aromatic carbocycles. The van der Waals surface area contributed by atoms with Gasteiger partial charge in [-0.3, -0.25) is 19.7 Å². The second-order valence-electron chi connectivity index (χ2n) is 4.77. The van der Waals surface area contributed by atoms with Crippen LogP contribution in [0.2, 0.25) is 0 Å². The van der Waals surface area contributed by atoms with Crippen molar-refractivity contribution in [2.45, 2.75) is 6.92 Å². The molecule has 3 rings (SSSR count). The molecule has 7 nitrogen and oxygen atoms in total. The molecule has 3 N–H and O–H groups in total. The summed E-state index contributed by atoms with van der Waals surface area (Å²) in [4.78, 5) is 24.0. The van der Waals surface area contributed by atoms with Crippen LogP contribution in [0.15, 0.2) is 43.4 Å². The number of rotatable bonds is 3. The number of carbonyl (C=O) groups excluding carboxylic acids is 1. The van der Waals surface area contributed by atoms with Gasteiger partial charge in [0, 0.05) is 12.4 Å². The first-order valence-electron chi connectivity index (χ1n) is 6.58. The van der Waals surface area contributed by atoms with Crippen LogP contribution in [0.4, 0.5) is 11.8 Å². The zero-order valence-electron chi connectivity index (χ0n) is 11.9. The number of nitrogens with two attached hydrogens (primary N) is 1. The molecule has 0 atom stereocenters. The first-order chi connectivity index (χ1) is 10.6. The standard InChI is InChI=1S/C15H14N6O/c1-3-12(22)18-15-19-13(16)11-4-5-21(14(11)20-15)10-6-9(2)7-17-8-10/h3-8H,1H2,2H3,(H3,16,18,19,20,22). The summed E-state index contributed by atoms with van der Waals surface area (Å²) in [5, 5.41) is 3.22. The number of hydrogen-bond acceptors (Lipinski definition) is 5. The van der Waals surface area contributed by atoms with Crippen molar-refractivity contribution >= 4 is 28.7 Å². The molecule has 0 aliphatic heterocycles. The van der Waals surface area contributed by atoms with E-state index in [1.165, 1.54) is 0 Å². The van der Waals surface area contributed by atoms with Crippen molar-refractivity contribution in [3.63, 3.8) is 0 Å². The van der Waals surface area contributed by atoms with Gasteiger partial charge in [0.15, 0.2) is 5.65 Å². The van der Waals surface area contributed by atoms with Crippen LogP contribution in [0.5, 0.6) is 0 Å². The average Bonchev–Trinajstić information content (AvgIpc) is 2.91. The van der Waals surface area contributed by atoms with Crippen molar-refractivity contribution < 1.29 is 4.79 Å². The Labute approximate surface area is 126 Å². The minimum Gasteiger partial charge on any atom is -0.383 e. The molecule has 0 aliphatic carbocycles. The summed E-state index contributed by atoms with van der Waals surface area (Å²) in [7, 11) is 0. The molecule has 0 unspecified atom stereocenters. The van der Waals surface area contributed by atoms with Crippen molar-refractivity contribution in [3.05, 3.63) is 48.9 Å². The highest BCUT2D eigenvalue weighted by Crippen LogP contribution is 2.24. The van der Waals surface area contributed by atoms with Crippen molar-refractivity contribution in [3.8, 4) is 5.69 Å². The lowest BCUT2D eigenvalue weighted by Gasteiger charge is -2.07. The largest absolute Gasteiger partial charge is 0.383 e. The van der Waals surface area contributed by atoms with E-state index in [9.17, 15) is 4.79 Å². The van der Waals surface area contributed by atoms with Crippen LogP contribution in [0.25, 0.3) is 16.7 Å². The van der Waals surface area contributed by atoms with E-state index in [1.807, 2.05) is 29.8 Å². The molecule has 7 heteroatoms. The van der Waals surface area contributed by atoms with Gasteiger partial charge in [-0.15, -0.1) is 0 Å². The lowest BCUT2D eigenvalue weighted by atomic mass is 10.3. The molecular formula is C15H14N6O. The van der Waals surface area contributed by atoms with Crippen molar-refractivity contribution in [2.24, 2.45) is 0 Å². The minimum atomic E-state index is -0.394. The normalized spacial score (nSPS) is 10.6. The van der Waals surface area contributed by atoms with E-state index >= 15 is 0 Å². The van der Waals surface area contributed by atoms with Crippen molar-refractivity contribution in [1.82, 2.24) is 19.5 Å². The summed E-state index contributed by atoms with van der Waals surface area (Å²) in [5.74, 6) is 0.0354. The fourth-order valence-corrected chi connectivity index (χ4v) is 2.13. The van der Waals surface area contributed by atoms with Crippen molar-refractivity contribution in [1.29, 1.82) is 0 Å². The molecule has 3 aromatic rings. The highest BCUT2D eigenvalue weighted by Gasteiger charge is 2.12. The number of nitrogen functional groups attached to an aromatic ring is 1. The van der Waals surface area contributed by atoms with E-state index in [-0.39, 0.29) is 5.95 Å². The molecule has 3 heterocycles. The summed E-state index contributed by atoms with van der Waals surface area (Å²) >= 11 is 0. The number of aryl methyl sites for hydroxylation is 1. The first-order valence-corrected chi connectivity index (χ1v) is 6.58. The molecule has 0 spiro atoms. The zero-order chi connectivity index (χ0) is 15.7. The Morgan fingerprint density at radius 1 is 1.41 bits per heavy atom.